The lowest BCUT2D eigenvalue weighted by Gasteiger charge is -2.05. The highest BCUT2D eigenvalue weighted by atomic mass is 32.1. The summed E-state index contributed by atoms with van der Waals surface area (Å²) in [5.74, 6) is 0.870. The monoisotopic (exact) mass is 337 g/mol. The van der Waals surface area contributed by atoms with Crippen molar-refractivity contribution in [2.75, 3.05) is 18.5 Å². The molecule has 0 aliphatic carbocycles. The lowest BCUT2D eigenvalue weighted by Crippen LogP contribution is -2.11. The van der Waals surface area contributed by atoms with Crippen molar-refractivity contribution in [1.29, 1.82) is 0 Å². The van der Waals surface area contributed by atoms with Gasteiger partial charge in [0.15, 0.2) is 0 Å². The van der Waals surface area contributed by atoms with E-state index in [1.54, 1.807) is 16.9 Å². The van der Waals surface area contributed by atoms with Crippen molar-refractivity contribution in [2.24, 2.45) is 0 Å². The molecular formula is C17H15N5OS. The third kappa shape index (κ3) is 3.21. The number of aromatic nitrogens is 4. The average molecular weight is 337 g/mol. The molecule has 0 bridgehead atoms. The van der Waals surface area contributed by atoms with Crippen LogP contribution in [0.4, 0.5) is 5.13 Å². The first-order chi connectivity index (χ1) is 11.9. The molecule has 0 saturated carbocycles. The predicted molar refractivity (Wildman–Crippen MR) is 94.5 cm³/mol. The molecule has 0 fully saturated rings. The summed E-state index contributed by atoms with van der Waals surface area (Å²) in [7, 11) is 0. The first-order valence-corrected chi connectivity index (χ1v) is 8.38. The SMILES string of the molecule is c1ccc(OCCNc2nn3cc(-c4cccnc4)nc3s2)cc1. The molecule has 24 heavy (non-hydrogen) atoms. The Kier molecular flexibility index (Phi) is 4.07. The number of rotatable bonds is 6. The van der Waals surface area contributed by atoms with E-state index in [0.717, 1.165) is 27.1 Å². The summed E-state index contributed by atoms with van der Waals surface area (Å²) < 4.78 is 7.43. The highest BCUT2D eigenvalue weighted by molar-refractivity contribution is 7.20. The lowest BCUT2D eigenvalue weighted by atomic mass is 10.2. The fraction of sp³-hybridized carbons (Fsp3) is 0.118. The zero-order valence-electron chi connectivity index (χ0n) is 12.8. The van der Waals surface area contributed by atoms with Gasteiger partial charge in [-0.25, -0.2) is 9.50 Å². The van der Waals surface area contributed by atoms with E-state index >= 15 is 0 Å². The second kappa shape index (κ2) is 6.67. The minimum atomic E-state index is 0.576. The van der Waals surface area contributed by atoms with Gasteiger partial charge in [0.25, 0.3) is 0 Å². The molecule has 3 heterocycles. The van der Waals surface area contributed by atoms with Crippen molar-refractivity contribution >= 4 is 21.4 Å². The maximum Gasteiger partial charge on any atom is 0.214 e. The highest BCUT2D eigenvalue weighted by Crippen LogP contribution is 2.23. The van der Waals surface area contributed by atoms with E-state index in [-0.39, 0.29) is 0 Å². The van der Waals surface area contributed by atoms with E-state index in [4.69, 9.17) is 4.74 Å². The Balaban J connectivity index is 1.37. The zero-order chi connectivity index (χ0) is 16.2. The summed E-state index contributed by atoms with van der Waals surface area (Å²) in [6.45, 7) is 1.26. The van der Waals surface area contributed by atoms with Crippen molar-refractivity contribution in [1.82, 2.24) is 19.6 Å². The van der Waals surface area contributed by atoms with Crippen molar-refractivity contribution in [2.45, 2.75) is 0 Å². The Morgan fingerprint density at radius 3 is 2.83 bits per heavy atom. The molecule has 120 valence electrons. The molecule has 0 spiro atoms. The number of nitrogens with zero attached hydrogens (tertiary/aromatic N) is 4. The van der Waals surface area contributed by atoms with Crippen LogP contribution in [0.15, 0.2) is 61.1 Å². The molecule has 0 saturated heterocycles. The molecule has 0 radical (unpaired) electrons. The number of ether oxygens (including phenoxy) is 1. The summed E-state index contributed by atoms with van der Waals surface area (Å²) in [6, 6.07) is 13.7. The number of nitrogens with one attached hydrogen (secondary N) is 1. The van der Waals surface area contributed by atoms with Crippen molar-refractivity contribution in [3.8, 4) is 17.0 Å². The number of hydrogen-bond acceptors (Lipinski definition) is 6. The standard InChI is InChI=1S/C17H15N5OS/c1-2-6-14(7-3-1)23-10-9-19-16-21-22-12-15(20-17(22)24-16)13-5-4-8-18-11-13/h1-8,11-12H,9-10H2,(H,19,21). The molecular weight excluding hydrogens is 322 g/mol. The van der Waals surface area contributed by atoms with Gasteiger partial charge in [0.2, 0.25) is 10.1 Å². The van der Waals surface area contributed by atoms with E-state index in [2.05, 4.69) is 20.4 Å². The topological polar surface area (TPSA) is 64.3 Å². The van der Waals surface area contributed by atoms with Gasteiger partial charge in [0.1, 0.15) is 12.4 Å². The third-order valence-corrected chi connectivity index (χ3v) is 4.27. The van der Waals surface area contributed by atoms with E-state index < -0.39 is 0 Å². The summed E-state index contributed by atoms with van der Waals surface area (Å²) in [4.78, 5) is 9.55. The molecule has 6 nitrogen and oxygen atoms in total. The fourth-order valence-corrected chi connectivity index (χ4v) is 3.08. The van der Waals surface area contributed by atoms with Gasteiger partial charge in [-0.05, 0) is 24.3 Å². The van der Waals surface area contributed by atoms with Crippen LogP contribution in [0.1, 0.15) is 0 Å². The van der Waals surface area contributed by atoms with Crippen LogP contribution in [0.2, 0.25) is 0 Å². The fourth-order valence-electron chi connectivity index (χ4n) is 2.27. The van der Waals surface area contributed by atoms with Gasteiger partial charge >= 0.3 is 0 Å². The normalized spacial score (nSPS) is 10.8. The van der Waals surface area contributed by atoms with Crippen LogP contribution in [0, 0.1) is 0 Å². The van der Waals surface area contributed by atoms with Gasteiger partial charge in [-0.15, -0.1) is 5.10 Å². The van der Waals surface area contributed by atoms with E-state index in [0.29, 0.717) is 13.2 Å². The van der Waals surface area contributed by atoms with Gasteiger partial charge < -0.3 is 10.1 Å². The number of imidazole rings is 1. The first-order valence-electron chi connectivity index (χ1n) is 7.57. The largest absolute Gasteiger partial charge is 0.492 e. The van der Waals surface area contributed by atoms with Crippen LogP contribution < -0.4 is 10.1 Å². The maximum atomic E-state index is 5.65. The number of fused-ring (bicyclic) bond motifs is 1. The third-order valence-electron chi connectivity index (χ3n) is 3.39. The maximum absolute atomic E-state index is 5.65. The number of benzene rings is 1. The zero-order valence-corrected chi connectivity index (χ0v) is 13.6. The Labute approximate surface area is 142 Å². The quantitative estimate of drug-likeness (QED) is 0.547. The molecule has 7 heteroatoms. The van der Waals surface area contributed by atoms with Gasteiger partial charge in [-0.1, -0.05) is 29.5 Å². The highest BCUT2D eigenvalue weighted by Gasteiger charge is 2.09. The Morgan fingerprint density at radius 2 is 2.04 bits per heavy atom. The average Bonchev–Trinajstić information content (AvgIpc) is 3.19. The van der Waals surface area contributed by atoms with Gasteiger partial charge in [-0.2, -0.15) is 0 Å². The van der Waals surface area contributed by atoms with Crippen molar-refractivity contribution < 1.29 is 4.74 Å². The summed E-state index contributed by atoms with van der Waals surface area (Å²) in [6.07, 6.45) is 5.46. The van der Waals surface area contributed by atoms with Crippen LogP contribution in [-0.2, 0) is 0 Å². The molecule has 4 rings (SSSR count). The summed E-state index contributed by atoms with van der Waals surface area (Å²) in [5, 5.41) is 8.57. The lowest BCUT2D eigenvalue weighted by molar-refractivity contribution is 0.333. The number of pyridine rings is 1. The molecule has 1 N–H and O–H groups in total. The van der Waals surface area contributed by atoms with Crippen LogP contribution in [0.25, 0.3) is 16.2 Å². The Morgan fingerprint density at radius 1 is 1.12 bits per heavy atom. The van der Waals surface area contributed by atoms with Crippen LogP contribution >= 0.6 is 11.3 Å². The van der Waals surface area contributed by atoms with E-state index in [1.807, 2.05) is 48.7 Å². The van der Waals surface area contributed by atoms with Crippen molar-refractivity contribution in [3.05, 3.63) is 61.1 Å². The predicted octanol–water partition coefficient (Wildman–Crippen LogP) is 3.34. The summed E-state index contributed by atoms with van der Waals surface area (Å²) in [5.41, 5.74) is 1.86. The Bertz CT molecular complexity index is 888. The second-order valence-corrected chi connectivity index (χ2v) is 6.05. The molecule has 1 aromatic carbocycles. The molecule has 0 aliphatic heterocycles. The number of hydrogen-bond donors (Lipinski definition) is 1. The van der Waals surface area contributed by atoms with Crippen LogP contribution in [0.3, 0.4) is 0 Å². The Hall–Kier alpha value is -2.93. The second-order valence-electron chi connectivity index (χ2n) is 5.09. The van der Waals surface area contributed by atoms with Gasteiger partial charge in [-0.3, -0.25) is 4.98 Å². The number of anilines is 1. The van der Waals surface area contributed by atoms with E-state index in [9.17, 15) is 0 Å². The first kappa shape index (κ1) is 14.6. The van der Waals surface area contributed by atoms with E-state index in [1.165, 1.54) is 11.3 Å². The summed E-state index contributed by atoms with van der Waals surface area (Å²) >= 11 is 1.51. The molecule has 0 atom stereocenters. The molecule has 3 aromatic heterocycles. The molecule has 0 aliphatic rings. The molecule has 4 aromatic rings. The smallest absolute Gasteiger partial charge is 0.214 e. The minimum Gasteiger partial charge on any atom is -0.492 e. The van der Waals surface area contributed by atoms with Crippen LogP contribution in [-0.4, -0.2) is 32.7 Å². The minimum absolute atomic E-state index is 0.576. The number of para-hydroxylation sites is 1. The van der Waals surface area contributed by atoms with Gasteiger partial charge in [0, 0.05) is 18.0 Å². The van der Waals surface area contributed by atoms with Gasteiger partial charge in [0.05, 0.1) is 18.4 Å². The molecule has 0 unspecified atom stereocenters. The van der Waals surface area contributed by atoms with Crippen LogP contribution in [0.5, 0.6) is 5.75 Å². The van der Waals surface area contributed by atoms with Crippen molar-refractivity contribution in [3.63, 3.8) is 0 Å². The molecule has 0 amide bonds.